The molecule has 34 heavy (non-hydrogen) atoms. The fourth-order valence-electron chi connectivity index (χ4n) is 3.88. The first-order chi connectivity index (χ1) is 16.2. The Morgan fingerprint density at radius 3 is 2.82 bits per heavy atom. The van der Waals surface area contributed by atoms with Gasteiger partial charge in [-0.2, -0.15) is 0 Å². The van der Waals surface area contributed by atoms with Crippen LogP contribution in [0.25, 0.3) is 10.2 Å². The number of carbonyl (C=O) groups is 2. The van der Waals surface area contributed by atoms with Crippen molar-refractivity contribution in [2.75, 3.05) is 18.4 Å². The third-order valence-corrected chi connectivity index (χ3v) is 6.41. The lowest BCUT2D eigenvalue weighted by molar-refractivity contribution is 0.0225. The lowest BCUT2D eigenvalue weighted by atomic mass is 10.2. The van der Waals surface area contributed by atoms with Gasteiger partial charge >= 0.3 is 6.09 Å². The summed E-state index contributed by atoms with van der Waals surface area (Å²) in [5.74, 6) is 0.0740. The summed E-state index contributed by atoms with van der Waals surface area (Å²) in [6.45, 7) is 8.46. The van der Waals surface area contributed by atoms with E-state index >= 15 is 0 Å². The molecule has 1 aliphatic rings. The van der Waals surface area contributed by atoms with E-state index in [1.807, 2.05) is 57.3 Å². The molecule has 0 aliphatic carbocycles. The van der Waals surface area contributed by atoms with Crippen molar-refractivity contribution in [1.29, 1.82) is 0 Å². The maximum Gasteiger partial charge on any atom is 0.410 e. The molecule has 0 unspecified atom stereocenters. The van der Waals surface area contributed by atoms with Crippen molar-refractivity contribution >= 4 is 39.5 Å². The molecule has 2 atom stereocenters. The minimum Gasteiger partial charge on any atom is -0.444 e. The van der Waals surface area contributed by atoms with Crippen LogP contribution >= 0.6 is 11.3 Å². The highest BCUT2D eigenvalue weighted by molar-refractivity contribution is 7.17. The number of thiophene rings is 1. The number of pyridine rings is 1. The summed E-state index contributed by atoms with van der Waals surface area (Å²) in [6.07, 6.45) is 3.08. The lowest BCUT2D eigenvalue weighted by Gasteiger charge is -2.28. The standard InChI is InChI=1S/C24H30N6O3S/c1-15(17-9-5-6-11-25-17)27-22-28-18-10-13-34-20(18)19(29-22)21(31)26-14-16-8-7-12-30(16)23(32)33-24(2,3)4/h5-6,9-11,13,15-16H,7-8,12,14H2,1-4H3,(H,26,31)(H,27,28,29)/t15-,16+/m0/s1. The van der Waals surface area contributed by atoms with Gasteiger partial charge in [-0.3, -0.25) is 9.78 Å². The molecule has 3 aromatic rings. The molecule has 0 saturated carbocycles. The second kappa shape index (κ2) is 9.92. The SMILES string of the molecule is C[C@H](Nc1nc(C(=O)NC[C@H]2CCCN2C(=O)OC(C)(C)C)c2sccc2n1)c1ccccn1. The van der Waals surface area contributed by atoms with Crippen LogP contribution < -0.4 is 10.6 Å². The first-order valence-corrected chi connectivity index (χ1v) is 12.3. The molecule has 3 aromatic heterocycles. The smallest absolute Gasteiger partial charge is 0.410 e. The molecule has 2 amide bonds. The van der Waals surface area contributed by atoms with Crippen LogP contribution in [-0.4, -0.2) is 56.6 Å². The summed E-state index contributed by atoms with van der Waals surface area (Å²) >= 11 is 1.43. The molecular formula is C24H30N6O3S. The van der Waals surface area contributed by atoms with Crippen LogP contribution in [0.4, 0.5) is 10.7 Å². The molecule has 2 N–H and O–H groups in total. The predicted molar refractivity (Wildman–Crippen MR) is 132 cm³/mol. The molecule has 1 fully saturated rings. The average molecular weight is 483 g/mol. The third-order valence-electron chi connectivity index (χ3n) is 5.50. The summed E-state index contributed by atoms with van der Waals surface area (Å²) in [6, 6.07) is 7.34. The number of nitrogens with one attached hydrogen (secondary N) is 2. The van der Waals surface area contributed by atoms with Gasteiger partial charge in [0.15, 0.2) is 5.69 Å². The minimum atomic E-state index is -0.561. The molecule has 0 bridgehead atoms. The van der Waals surface area contributed by atoms with Gasteiger partial charge in [-0.25, -0.2) is 14.8 Å². The van der Waals surface area contributed by atoms with E-state index in [2.05, 4.69) is 25.6 Å². The van der Waals surface area contributed by atoms with Crippen molar-refractivity contribution in [2.24, 2.45) is 0 Å². The van der Waals surface area contributed by atoms with Crippen LogP contribution in [0.5, 0.6) is 0 Å². The van der Waals surface area contributed by atoms with Gasteiger partial charge in [0.1, 0.15) is 5.60 Å². The summed E-state index contributed by atoms with van der Waals surface area (Å²) < 4.78 is 6.25. The molecule has 180 valence electrons. The highest BCUT2D eigenvalue weighted by Crippen LogP contribution is 2.26. The van der Waals surface area contributed by atoms with Crippen molar-refractivity contribution in [3.63, 3.8) is 0 Å². The molecule has 0 aromatic carbocycles. The topological polar surface area (TPSA) is 109 Å². The number of hydrogen-bond acceptors (Lipinski definition) is 8. The number of aromatic nitrogens is 3. The fourth-order valence-corrected chi connectivity index (χ4v) is 4.70. The molecule has 4 heterocycles. The number of fused-ring (bicyclic) bond motifs is 1. The quantitative estimate of drug-likeness (QED) is 0.536. The Kier molecular flexibility index (Phi) is 6.97. The van der Waals surface area contributed by atoms with Crippen LogP contribution in [0.3, 0.4) is 0 Å². The number of hydrogen-bond donors (Lipinski definition) is 2. The lowest BCUT2D eigenvalue weighted by Crippen LogP contribution is -2.45. The first kappa shape index (κ1) is 23.9. The van der Waals surface area contributed by atoms with Crippen LogP contribution in [-0.2, 0) is 4.74 Å². The van der Waals surface area contributed by atoms with Crippen LogP contribution in [0.1, 0.15) is 62.8 Å². The summed E-state index contributed by atoms with van der Waals surface area (Å²) in [7, 11) is 0. The normalized spacial score (nSPS) is 16.9. The van der Waals surface area contributed by atoms with Gasteiger partial charge in [-0.15, -0.1) is 11.3 Å². The van der Waals surface area contributed by atoms with Crippen molar-refractivity contribution < 1.29 is 14.3 Å². The summed E-state index contributed by atoms with van der Waals surface area (Å²) in [5.41, 5.74) is 1.32. The highest BCUT2D eigenvalue weighted by atomic mass is 32.1. The summed E-state index contributed by atoms with van der Waals surface area (Å²) in [5, 5.41) is 8.11. The van der Waals surface area contributed by atoms with E-state index in [1.54, 1.807) is 11.1 Å². The molecular weight excluding hydrogens is 452 g/mol. The van der Waals surface area contributed by atoms with Crippen LogP contribution in [0, 0.1) is 0 Å². The average Bonchev–Trinajstić information content (AvgIpc) is 3.45. The zero-order chi connectivity index (χ0) is 24.3. The Labute approximate surface area is 203 Å². The molecule has 4 rings (SSSR count). The molecule has 9 nitrogen and oxygen atoms in total. The number of likely N-dealkylation sites (tertiary alicyclic amines) is 1. The monoisotopic (exact) mass is 482 g/mol. The zero-order valence-corrected chi connectivity index (χ0v) is 20.7. The Bertz CT molecular complexity index is 1160. The van der Waals surface area contributed by atoms with Crippen LogP contribution in [0.2, 0.25) is 0 Å². The van der Waals surface area contributed by atoms with E-state index in [0.717, 1.165) is 23.2 Å². The molecule has 1 saturated heterocycles. The highest BCUT2D eigenvalue weighted by Gasteiger charge is 2.32. The van der Waals surface area contributed by atoms with Crippen molar-refractivity contribution in [3.05, 3.63) is 47.2 Å². The van der Waals surface area contributed by atoms with Crippen molar-refractivity contribution in [2.45, 2.75) is 58.2 Å². The van der Waals surface area contributed by atoms with E-state index in [4.69, 9.17) is 4.74 Å². The van der Waals surface area contributed by atoms with E-state index in [0.29, 0.717) is 30.2 Å². The Morgan fingerprint density at radius 1 is 1.26 bits per heavy atom. The second-order valence-corrected chi connectivity index (χ2v) is 10.2. The van der Waals surface area contributed by atoms with Gasteiger partial charge in [-0.1, -0.05) is 6.07 Å². The molecule has 0 radical (unpaired) electrons. The van der Waals surface area contributed by atoms with Crippen molar-refractivity contribution in [3.8, 4) is 0 Å². The Balaban J connectivity index is 1.47. The first-order valence-electron chi connectivity index (χ1n) is 11.4. The number of rotatable bonds is 6. The molecule has 1 aliphatic heterocycles. The Hall–Kier alpha value is -3.27. The zero-order valence-electron chi connectivity index (χ0n) is 19.9. The van der Waals surface area contributed by atoms with Gasteiger partial charge < -0.3 is 20.3 Å². The van der Waals surface area contributed by atoms with E-state index in [-0.39, 0.29) is 24.1 Å². The minimum absolute atomic E-state index is 0.110. The number of amides is 2. The number of anilines is 1. The Morgan fingerprint density at radius 2 is 2.09 bits per heavy atom. The molecule has 10 heteroatoms. The van der Waals surface area contributed by atoms with Crippen molar-refractivity contribution in [1.82, 2.24) is 25.2 Å². The van der Waals surface area contributed by atoms with Gasteiger partial charge in [0.2, 0.25) is 5.95 Å². The maximum atomic E-state index is 13.2. The fraction of sp³-hybridized carbons (Fsp3) is 0.458. The second-order valence-electron chi connectivity index (χ2n) is 9.33. The van der Waals surface area contributed by atoms with Gasteiger partial charge in [0, 0.05) is 19.3 Å². The summed E-state index contributed by atoms with van der Waals surface area (Å²) in [4.78, 5) is 40.9. The van der Waals surface area contributed by atoms with Gasteiger partial charge in [0.25, 0.3) is 5.91 Å². The van der Waals surface area contributed by atoms with E-state index in [1.165, 1.54) is 11.3 Å². The van der Waals surface area contributed by atoms with Gasteiger partial charge in [-0.05, 0) is 64.1 Å². The van der Waals surface area contributed by atoms with E-state index in [9.17, 15) is 9.59 Å². The number of ether oxygens (including phenoxy) is 1. The van der Waals surface area contributed by atoms with Gasteiger partial charge in [0.05, 0.1) is 28.0 Å². The third kappa shape index (κ3) is 5.61. The number of nitrogens with zero attached hydrogens (tertiary/aromatic N) is 4. The molecule has 0 spiro atoms. The predicted octanol–water partition coefficient (Wildman–Crippen LogP) is 4.39. The maximum absolute atomic E-state index is 13.2. The van der Waals surface area contributed by atoms with E-state index < -0.39 is 5.60 Å². The van der Waals surface area contributed by atoms with Crippen LogP contribution in [0.15, 0.2) is 35.8 Å². The largest absolute Gasteiger partial charge is 0.444 e. The number of carbonyl (C=O) groups excluding carboxylic acids is 2.